The lowest BCUT2D eigenvalue weighted by molar-refractivity contribution is 0.282. The van der Waals surface area contributed by atoms with Crippen LogP contribution in [-0.4, -0.2) is 11.7 Å². The predicted octanol–water partition coefficient (Wildman–Crippen LogP) is 9.61. The van der Waals surface area contributed by atoms with Crippen molar-refractivity contribution in [3.05, 3.63) is 0 Å². The Morgan fingerprint density at radius 1 is 0.429 bits per heavy atom. The first-order valence-corrected chi connectivity index (χ1v) is 13.4. The van der Waals surface area contributed by atoms with E-state index in [4.69, 9.17) is 5.11 Å². The van der Waals surface area contributed by atoms with Gasteiger partial charge in [-0.15, -0.1) is 0 Å². The molecule has 0 amide bonds. The fraction of sp³-hybridized carbons (Fsp3) is 1.00. The smallest absolute Gasteiger partial charge is 0.0431 e. The Morgan fingerprint density at radius 3 is 1.04 bits per heavy atom. The van der Waals surface area contributed by atoms with Gasteiger partial charge in [0.1, 0.15) is 0 Å². The Bertz CT molecular complexity index is 263. The summed E-state index contributed by atoms with van der Waals surface area (Å²) in [6, 6.07) is 0. The SMILES string of the molecule is CCCCCCCCCCCCCCC(C)CCCCCCCCCCCO. The molecule has 0 bridgehead atoms. The normalized spacial score (nSPS) is 12.5. The van der Waals surface area contributed by atoms with Crippen molar-refractivity contribution in [2.24, 2.45) is 5.92 Å². The molecule has 0 aliphatic carbocycles. The molecular weight excluding hydrogens is 340 g/mol. The molecule has 0 saturated carbocycles. The molecule has 0 spiro atoms. The van der Waals surface area contributed by atoms with E-state index in [9.17, 15) is 0 Å². The maximum atomic E-state index is 8.76. The summed E-state index contributed by atoms with van der Waals surface area (Å²) in [5.41, 5.74) is 0. The van der Waals surface area contributed by atoms with Gasteiger partial charge in [0.15, 0.2) is 0 Å². The standard InChI is InChI=1S/C27H56O/c1-3-4-5-6-7-8-9-10-12-15-18-21-24-27(2)25-22-19-16-13-11-14-17-20-23-26-28/h27-28H,3-26H2,1-2H3. The van der Waals surface area contributed by atoms with Crippen molar-refractivity contribution < 1.29 is 5.11 Å². The topological polar surface area (TPSA) is 20.2 Å². The summed E-state index contributed by atoms with van der Waals surface area (Å²) in [4.78, 5) is 0. The molecule has 0 aromatic carbocycles. The van der Waals surface area contributed by atoms with Gasteiger partial charge in [0.05, 0.1) is 0 Å². The van der Waals surface area contributed by atoms with Crippen LogP contribution in [-0.2, 0) is 0 Å². The number of aliphatic hydroxyl groups is 1. The summed E-state index contributed by atoms with van der Waals surface area (Å²) in [6.07, 6.45) is 32.5. The maximum absolute atomic E-state index is 8.76. The fourth-order valence-corrected chi connectivity index (χ4v) is 4.32. The minimum Gasteiger partial charge on any atom is -0.396 e. The highest BCUT2D eigenvalue weighted by molar-refractivity contribution is 4.56. The first-order valence-electron chi connectivity index (χ1n) is 13.4. The van der Waals surface area contributed by atoms with Crippen LogP contribution < -0.4 is 0 Å². The van der Waals surface area contributed by atoms with Crippen LogP contribution in [0.2, 0.25) is 0 Å². The van der Waals surface area contributed by atoms with Crippen molar-refractivity contribution in [3.8, 4) is 0 Å². The number of aliphatic hydroxyl groups excluding tert-OH is 1. The third-order valence-corrected chi connectivity index (χ3v) is 6.41. The molecule has 0 heterocycles. The zero-order valence-corrected chi connectivity index (χ0v) is 20.0. The molecule has 0 aliphatic rings. The molecule has 0 aromatic rings. The highest BCUT2D eigenvalue weighted by Gasteiger charge is 2.02. The average molecular weight is 397 g/mol. The Kier molecular flexibility index (Phi) is 25.0. The number of unbranched alkanes of at least 4 members (excludes halogenated alkanes) is 19. The van der Waals surface area contributed by atoms with Crippen LogP contribution in [0, 0.1) is 5.92 Å². The maximum Gasteiger partial charge on any atom is 0.0431 e. The minimum absolute atomic E-state index is 0.372. The van der Waals surface area contributed by atoms with Gasteiger partial charge in [-0.2, -0.15) is 0 Å². The first-order chi connectivity index (χ1) is 13.8. The van der Waals surface area contributed by atoms with Crippen LogP contribution >= 0.6 is 0 Å². The van der Waals surface area contributed by atoms with Crippen LogP contribution in [0.4, 0.5) is 0 Å². The van der Waals surface area contributed by atoms with Gasteiger partial charge in [0, 0.05) is 6.61 Å². The van der Waals surface area contributed by atoms with Gasteiger partial charge in [-0.25, -0.2) is 0 Å². The molecule has 0 saturated heterocycles. The van der Waals surface area contributed by atoms with E-state index in [1.807, 2.05) is 0 Å². The Morgan fingerprint density at radius 2 is 0.714 bits per heavy atom. The van der Waals surface area contributed by atoms with E-state index in [1.165, 1.54) is 141 Å². The van der Waals surface area contributed by atoms with Crippen molar-refractivity contribution in [1.29, 1.82) is 0 Å². The molecule has 1 heteroatoms. The van der Waals surface area contributed by atoms with E-state index in [0.717, 1.165) is 12.3 Å². The van der Waals surface area contributed by atoms with Gasteiger partial charge in [0.2, 0.25) is 0 Å². The molecule has 0 aliphatic heterocycles. The Labute approximate surface area is 179 Å². The lowest BCUT2D eigenvalue weighted by Gasteiger charge is -2.11. The summed E-state index contributed by atoms with van der Waals surface area (Å²) in [7, 11) is 0. The average Bonchev–Trinajstić information content (AvgIpc) is 2.70. The third-order valence-electron chi connectivity index (χ3n) is 6.41. The van der Waals surface area contributed by atoms with E-state index in [2.05, 4.69) is 13.8 Å². The largest absolute Gasteiger partial charge is 0.396 e. The number of hydrogen-bond acceptors (Lipinski definition) is 1. The second-order valence-electron chi connectivity index (χ2n) is 9.48. The number of hydrogen-bond donors (Lipinski definition) is 1. The van der Waals surface area contributed by atoms with Crippen molar-refractivity contribution in [2.75, 3.05) is 6.61 Å². The second-order valence-corrected chi connectivity index (χ2v) is 9.48. The van der Waals surface area contributed by atoms with Crippen LogP contribution in [0.25, 0.3) is 0 Å². The highest BCUT2D eigenvalue weighted by Crippen LogP contribution is 2.19. The summed E-state index contributed by atoms with van der Waals surface area (Å²) < 4.78 is 0. The Balaban J connectivity index is 3.12. The summed E-state index contributed by atoms with van der Waals surface area (Å²) >= 11 is 0. The van der Waals surface area contributed by atoms with E-state index >= 15 is 0 Å². The quantitative estimate of drug-likeness (QED) is 0.161. The first kappa shape index (κ1) is 28.0. The highest BCUT2D eigenvalue weighted by atomic mass is 16.2. The molecule has 170 valence electrons. The van der Waals surface area contributed by atoms with E-state index in [0.29, 0.717) is 6.61 Å². The van der Waals surface area contributed by atoms with E-state index in [-0.39, 0.29) is 0 Å². The number of rotatable bonds is 24. The van der Waals surface area contributed by atoms with Crippen LogP contribution in [0.3, 0.4) is 0 Å². The van der Waals surface area contributed by atoms with Crippen molar-refractivity contribution >= 4 is 0 Å². The van der Waals surface area contributed by atoms with Crippen molar-refractivity contribution in [1.82, 2.24) is 0 Å². The van der Waals surface area contributed by atoms with E-state index in [1.54, 1.807) is 0 Å². The van der Waals surface area contributed by atoms with Gasteiger partial charge in [-0.1, -0.05) is 155 Å². The van der Waals surface area contributed by atoms with Gasteiger partial charge >= 0.3 is 0 Å². The molecule has 28 heavy (non-hydrogen) atoms. The molecular formula is C27H56O. The van der Waals surface area contributed by atoms with Gasteiger partial charge in [-0.05, 0) is 12.3 Å². The van der Waals surface area contributed by atoms with Crippen molar-refractivity contribution in [3.63, 3.8) is 0 Å². The van der Waals surface area contributed by atoms with Crippen molar-refractivity contribution in [2.45, 2.75) is 162 Å². The Hall–Kier alpha value is -0.0400. The lowest BCUT2D eigenvalue weighted by Crippen LogP contribution is -1.95. The molecule has 1 atom stereocenters. The minimum atomic E-state index is 0.372. The molecule has 0 aromatic heterocycles. The lowest BCUT2D eigenvalue weighted by atomic mass is 9.95. The van der Waals surface area contributed by atoms with Crippen LogP contribution in [0.1, 0.15) is 162 Å². The van der Waals surface area contributed by atoms with Crippen LogP contribution in [0.5, 0.6) is 0 Å². The zero-order chi connectivity index (χ0) is 20.5. The van der Waals surface area contributed by atoms with E-state index < -0.39 is 0 Å². The zero-order valence-electron chi connectivity index (χ0n) is 20.0. The fourth-order valence-electron chi connectivity index (χ4n) is 4.32. The second kappa shape index (κ2) is 25.0. The van der Waals surface area contributed by atoms with Gasteiger partial charge in [-0.3, -0.25) is 0 Å². The summed E-state index contributed by atoms with van der Waals surface area (Å²) in [5.74, 6) is 0.946. The monoisotopic (exact) mass is 396 g/mol. The molecule has 0 fully saturated rings. The van der Waals surface area contributed by atoms with Crippen LogP contribution in [0.15, 0.2) is 0 Å². The summed E-state index contributed by atoms with van der Waals surface area (Å²) in [5, 5.41) is 8.76. The molecule has 0 radical (unpaired) electrons. The molecule has 0 rings (SSSR count). The molecule has 1 N–H and O–H groups in total. The third kappa shape index (κ3) is 24.0. The molecule has 1 unspecified atom stereocenters. The van der Waals surface area contributed by atoms with Gasteiger partial charge < -0.3 is 5.11 Å². The summed E-state index contributed by atoms with van der Waals surface area (Å²) in [6.45, 7) is 5.14. The predicted molar refractivity (Wildman–Crippen MR) is 128 cm³/mol. The van der Waals surface area contributed by atoms with Gasteiger partial charge in [0.25, 0.3) is 0 Å². The molecule has 1 nitrogen and oxygen atoms in total.